The van der Waals surface area contributed by atoms with E-state index in [-0.39, 0.29) is 12.2 Å². The molecule has 54 valence electrons. The molecule has 0 bridgehead atoms. The van der Waals surface area contributed by atoms with Gasteiger partial charge in [-0.15, -0.1) is 0 Å². The molecule has 1 nitrogen and oxygen atoms in total. The standard InChI is InChI=1S/C8H9FO/c1-6-3-4-8(10-2)7(9)5-6/h3-4H,1,5H2,2H3. The minimum absolute atomic E-state index is 0.241. The molecule has 10 heavy (non-hydrogen) atoms. The summed E-state index contributed by atoms with van der Waals surface area (Å²) in [7, 11) is 1.45. The molecular weight excluding hydrogens is 131 g/mol. The number of rotatable bonds is 1. The van der Waals surface area contributed by atoms with E-state index in [4.69, 9.17) is 4.74 Å². The number of ether oxygens (including phenoxy) is 1. The Bertz CT molecular complexity index is 213. The largest absolute Gasteiger partial charge is 0.494 e. The summed E-state index contributed by atoms with van der Waals surface area (Å²) in [4.78, 5) is 0. The molecule has 0 amide bonds. The molecule has 0 aliphatic heterocycles. The maximum Gasteiger partial charge on any atom is 0.150 e. The molecule has 1 aliphatic carbocycles. The predicted molar refractivity (Wildman–Crippen MR) is 38.0 cm³/mol. The van der Waals surface area contributed by atoms with Crippen LogP contribution in [-0.4, -0.2) is 7.11 Å². The van der Waals surface area contributed by atoms with Crippen molar-refractivity contribution in [3.63, 3.8) is 0 Å². The van der Waals surface area contributed by atoms with Crippen molar-refractivity contribution in [2.75, 3.05) is 7.11 Å². The van der Waals surface area contributed by atoms with Crippen LogP contribution in [0, 0.1) is 0 Å². The average Bonchev–Trinajstić information content (AvgIpc) is 1.88. The molecule has 0 unspecified atom stereocenters. The number of methoxy groups -OCH3 is 1. The van der Waals surface area contributed by atoms with E-state index in [0.29, 0.717) is 5.76 Å². The summed E-state index contributed by atoms with van der Waals surface area (Å²) in [6.07, 6.45) is 3.61. The van der Waals surface area contributed by atoms with Crippen LogP contribution in [0.15, 0.2) is 35.9 Å². The van der Waals surface area contributed by atoms with Crippen molar-refractivity contribution in [2.24, 2.45) is 0 Å². The molecular formula is C8H9FO. The summed E-state index contributed by atoms with van der Waals surface area (Å²) in [6.45, 7) is 3.62. The highest BCUT2D eigenvalue weighted by Crippen LogP contribution is 2.22. The van der Waals surface area contributed by atoms with Crippen LogP contribution >= 0.6 is 0 Å². The summed E-state index contributed by atoms with van der Waals surface area (Å²) in [6, 6.07) is 0. The molecule has 1 rings (SSSR count). The van der Waals surface area contributed by atoms with Gasteiger partial charge in [-0.05, 0) is 11.6 Å². The van der Waals surface area contributed by atoms with Crippen molar-refractivity contribution < 1.29 is 9.13 Å². The molecule has 0 spiro atoms. The second kappa shape index (κ2) is 2.69. The van der Waals surface area contributed by atoms with Crippen LogP contribution in [0.2, 0.25) is 0 Å². The van der Waals surface area contributed by atoms with Crippen LogP contribution in [0.3, 0.4) is 0 Å². The van der Waals surface area contributed by atoms with Crippen molar-refractivity contribution in [3.05, 3.63) is 35.9 Å². The fourth-order valence-corrected chi connectivity index (χ4v) is 0.808. The Morgan fingerprint density at radius 3 is 2.80 bits per heavy atom. The molecule has 0 atom stereocenters. The van der Waals surface area contributed by atoms with Crippen LogP contribution in [0.4, 0.5) is 4.39 Å². The summed E-state index contributed by atoms with van der Waals surface area (Å²) in [5, 5.41) is 0. The first-order valence-electron chi connectivity index (χ1n) is 3.02. The maximum atomic E-state index is 12.7. The van der Waals surface area contributed by atoms with Crippen molar-refractivity contribution in [3.8, 4) is 0 Å². The molecule has 0 fully saturated rings. The molecule has 0 saturated carbocycles. The van der Waals surface area contributed by atoms with Gasteiger partial charge in [-0.2, -0.15) is 0 Å². The molecule has 0 aromatic carbocycles. The van der Waals surface area contributed by atoms with E-state index in [0.717, 1.165) is 5.57 Å². The molecule has 0 aromatic rings. The van der Waals surface area contributed by atoms with Gasteiger partial charge in [0.15, 0.2) is 5.76 Å². The lowest BCUT2D eigenvalue weighted by molar-refractivity contribution is 0.287. The van der Waals surface area contributed by atoms with Gasteiger partial charge in [0.2, 0.25) is 0 Å². The topological polar surface area (TPSA) is 9.23 Å². The van der Waals surface area contributed by atoms with Gasteiger partial charge in [0, 0.05) is 6.42 Å². The van der Waals surface area contributed by atoms with Gasteiger partial charge in [0.25, 0.3) is 0 Å². The number of hydrogen-bond donors (Lipinski definition) is 0. The zero-order valence-electron chi connectivity index (χ0n) is 5.86. The molecule has 0 heterocycles. The zero-order chi connectivity index (χ0) is 7.56. The van der Waals surface area contributed by atoms with Gasteiger partial charge >= 0.3 is 0 Å². The van der Waals surface area contributed by atoms with E-state index in [9.17, 15) is 4.39 Å². The SMILES string of the molecule is C=C1C=CC(OC)=C(F)C1. The summed E-state index contributed by atoms with van der Waals surface area (Å²) in [5.74, 6) is 0.0717. The Morgan fingerprint density at radius 1 is 1.60 bits per heavy atom. The molecule has 0 aromatic heterocycles. The monoisotopic (exact) mass is 140 g/mol. The van der Waals surface area contributed by atoms with Crippen molar-refractivity contribution in [2.45, 2.75) is 6.42 Å². The van der Waals surface area contributed by atoms with Gasteiger partial charge < -0.3 is 4.74 Å². The Morgan fingerprint density at radius 2 is 2.30 bits per heavy atom. The third-order valence-electron chi connectivity index (χ3n) is 1.34. The highest BCUT2D eigenvalue weighted by Gasteiger charge is 2.09. The third-order valence-corrected chi connectivity index (χ3v) is 1.34. The van der Waals surface area contributed by atoms with E-state index < -0.39 is 0 Å². The van der Waals surface area contributed by atoms with Gasteiger partial charge in [-0.25, -0.2) is 4.39 Å². The molecule has 0 radical (unpaired) electrons. The number of allylic oxidation sites excluding steroid dienone is 4. The van der Waals surface area contributed by atoms with E-state index in [1.807, 2.05) is 0 Å². The van der Waals surface area contributed by atoms with Gasteiger partial charge in [-0.1, -0.05) is 12.7 Å². The normalized spacial score (nSPS) is 18.0. The minimum atomic E-state index is -0.241. The second-order valence-electron chi connectivity index (χ2n) is 2.14. The summed E-state index contributed by atoms with van der Waals surface area (Å²) < 4.78 is 17.5. The first kappa shape index (κ1) is 7.06. The average molecular weight is 140 g/mol. The molecule has 0 saturated heterocycles. The summed E-state index contributed by atoms with van der Waals surface area (Å²) >= 11 is 0. The fraction of sp³-hybridized carbons (Fsp3) is 0.250. The van der Waals surface area contributed by atoms with Crippen LogP contribution in [0.1, 0.15) is 6.42 Å². The van der Waals surface area contributed by atoms with Gasteiger partial charge in [-0.3, -0.25) is 0 Å². The predicted octanol–water partition coefficient (Wildman–Crippen LogP) is 2.33. The molecule has 2 heteroatoms. The lowest BCUT2D eigenvalue weighted by Crippen LogP contribution is -1.93. The maximum absolute atomic E-state index is 12.7. The van der Waals surface area contributed by atoms with Crippen LogP contribution in [0.5, 0.6) is 0 Å². The smallest absolute Gasteiger partial charge is 0.150 e. The Kier molecular flexibility index (Phi) is 1.90. The van der Waals surface area contributed by atoms with E-state index in [1.54, 1.807) is 12.2 Å². The van der Waals surface area contributed by atoms with Gasteiger partial charge in [0.1, 0.15) is 5.83 Å². The van der Waals surface area contributed by atoms with E-state index >= 15 is 0 Å². The van der Waals surface area contributed by atoms with E-state index in [1.165, 1.54) is 7.11 Å². The lowest BCUT2D eigenvalue weighted by Gasteiger charge is -2.08. The van der Waals surface area contributed by atoms with E-state index in [2.05, 4.69) is 6.58 Å². The molecule has 1 aliphatic rings. The van der Waals surface area contributed by atoms with Crippen molar-refractivity contribution in [1.29, 1.82) is 0 Å². The summed E-state index contributed by atoms with van der Waals surface area (Å²) in [5.41, 5.74) is 0.776. The Hall–Kier alpha value is -1.05. The molecule has 0 N–H and O–H groups in total. The fourth-order valence-electron chi connectivity index (χ4n) is 0.808. The van der Waals surface area contributed by atoms with Crippen LogP contribution in [-0.2, 0) is 4.74 Å². The van der Waals surface area contributed by atoms with Crippen LogP contribution < -0.4 is 0 Å². The first-order chi connectivity index (χ1) is 4.74. The lowest BCUT2D eigenvalue weighted by atomic mass is 10.1. The van der Waals surface area contributed by atoms with Gasteiger partial charge in [0.05, 0.1) is 7.11 Å². The first-order valence-corrected chi connectivity index (χ1v) is 3.02. The highest BCUT2D eigenvalue weighted by atomic mass is 19.1. The zero-order valence-corrected chi connectivity index (χ0v) is 5.86. The number of hydrogen-bond acceptors (Lipinski definition) is 1. The second-order valence-corrected chi connectivity index (χ2v) is 2.14. The number of halogens is 1. The minimum Gasteiger partial charge on any atom is -0.494 e. The Balaban J connectivity index is 2.82. The van der Waals surface area contributed by atoms with Crippen molar-refractivity contribution in [1.82, 2.24) is 0 Å². The Labute approximate surface area is 59.5 Å². The highest BCUT2D eigenvalue weighted by molar-refractivity contribution is 5.33. The third kappa shape index (κ3) is 1.26. The quantitative estimate of drug-likeness (QED) is 0.543. The van der Waals surface area contributed by atoms with Crippen molar-refractivity contribution >= 4 is 0 Å². The van der Waals surface area contributed by atoms with Crippen LogP contribution in [0.25, 0.3) is 0 Å².